The summed E-state index contributed by atoms with van der Waals surface area (Å²) < 4.78 is 37.9. The van der Waals surface area contributed by atoms with E-state index < -0.39 is 17.7 Å². The Morgan fingerprint density at radius 2 is 1.36 bits per heavy atom. The van der Waals surface area contributed by atoms with Gasteiger partial charge >= 0.3 is 12.1 Å². The Bertz CT molecular complexity index is 951. The molecule has 6 heteroatoms. The molecule has 0 aliphatic carbocycles. The summed E-state index contributed by atoms with van der Waals surface area (Å²) in [6.45, 7) is 0. The molecule has 3 rings (SSSR count). The molecule has 3 nitrogen and oxygen atoms in total. The molecule has 142 valence electrons. The van der Waals surface area contributed by atoms with Crippen LogP contribution in [-0.4, -0.2) is 11.7 Å². The average Bonchev–Trinajstić information content (AvgIpc) is 2.71. The summed E-state index contributed by atoms with van der Waals surface area (Å²) in [4.78, 5) is 17.2. The van der Waals surface area contributed by atoms with E-state index >= 15 is 0 Å². The molecule has 0 atom stereocenters. The Morgan fingerprint density at radius 1 is 0.786 bits per heavy atom. The summed E-state index contributed by atoms with van der Waals surface area (Å²) in [7, 11) is 0. The number of carbonyl (C=O) groups excluding carboxylic acids is 1. The molecule has 3 aromatic rings. The van der Waals surface area contributed by atoms with Crippen LogP contribution >= 0.6 is 0 Å². The van der Waals surface area contributed by atoms with Crippen LogP contribution in [0.25, 0.3) is 0 Å². The summed E-state index contributed by atoms with van der Waals surface area (Å²) >= 11 is 0. The number of nitrogens with zero attached hydrogens (tertiary/aromatic N) is 1. The van der Waals surface area contributed by atoms with E-state index in [9.17, 15) is 18.0 Å². The molecule has 0 unspecified atom stereocenters. The number of oxime groups is 1. The van der Waals surface area contributed by atoms with Gasteiger partial charge in [-0.25, -0.2) is 4.79 Å². The molecule has 28 heavy (non-hydrogen) atoms. The predicted molar refractivity (Wildman–Crippen MR) is 100.0 cm³/mol. The first kappa shape index (κ1) is 19.4. The molecule has 3 aromatic carbocycles. The van der Waals surface area contributed by atoms with E-state index in [4.69, 9.17) is 4.84 Å². The summed E-state index contributed by atoms with van der Waals surface area (Å²) in [6, 6.07) is 22.6. The maximum absolute atomic E-state index is 12.6. The molecule has 0 spiro atoms. The van der Waals surface area contributed by atoms with Crippen molar-refractivity contribution in [3.63, 3.8) is 0 Å². The number of rotatable bonds is 5. The fraction of sp³-hybridized carbons (Fsp3) is 0.0909. The molecule has 0 heterocycles. The molecule has 0 aromatic heterocycles. The van der Waals surface area contributed by atoms with E-state index in [-0.39, 0.29) is 5.56 Å². The molecule has 0 saturated carbocycles. The second-order valence-electron chi connectivity index (χ2n) is 6.02. The molecule has 0 N–H and O–H groups in total. The zero-order chi connectivity index (χ0) is 20.0. The number of carbonyl (C=O) groups is 1. The van der Waals surface area contributed by atoms with Gasteiger partial charge in [-0.2, -0.15) is 13.2 Å². The van der Waals surface area contributed by atoms with Crippen molar-refractivity contribution >= 4 is 11.7 Å². The SMILES string of the molecule is O=C(ON=C(Cc1ccccc1)c1ccccc1)c1ccc(C(F)(F)F)cc1. The van der Waals surface area contributed by atoms with Gasteiger partial charge < -0.3 is 4.84 Å². The maximum atomic E-state index is 12.6. The number of alkyl halides is 3. The zero-order valence-corrected chi connectivity index (χ0v) is 14.7. The molecule has 0 radical (unpaired) electrons. The minimum Gasteiger partial charge on any atom is -0.313 e. The van der Waals surface area contributed by atoms with Crippen LogP contribution in [0.3, 0.4) is 0 Å². The first-order chi connectivity index (χ1) is 13.4. The topological polar surface area (TPSA) is 38.7 Å². The van der Waals surface area contributed by atoms with E-state index in [2.05, 4.69) is 5.16 Å². The molecule has 0 aliphatic heterocycles. The number of hydrogen-bond acceptors (Lipinski definition) is 3. The highest BCUT2D eigenvalue weighted by Gasteiger charge is 2.30. The molecule has 0 amide bonds. The van der Waals surface area contributed by atoms with E-state index in [1.54, 1.807) is 0 Å². The lowest BCUT2D eigenvalue weighted by Gasteiger charge is -2.08. The Kier molecular flexibility index (Phi) is 5.89. The van der Waals surface area contributed by atoms with Crippen LogP contribution in [0.4, 0.5) is 13.2 Å². The van der Waals surface area contributed by atoms with Crippen LogP contribution < -0.4 is 0 Å². The minimum atomic E-state index is -4.46. The van der Waals surface area contributed by atoms with Crippen LogP contribution in [0.2, 0.25) is 0 Å². The lowest BCUT2D eigenvalue weighted by molar-refractivity contribution is -0.137. The monoisotopic (exact) mass is 383 g/mol. The molecule has 0 bridgehead atoms. The van der Waals surface area contributed by atoms with Gasteiger partial charge in [-0.15, -0.1) is 0 Å². The van der Waals surface area contributed by atoms with Gasteiger partial charge in [-0.3, -0.25) is 0 Å². The first-order valence-corrected chi connectivity index (χ1v) is 8.48. The predicted octanol–water partition coefficient (Wildman–Crippen LogP) is 5.51. The molecule has 0 saturated heterocycles. The number of hydrogen-bond donors (Lipinski definition) is 0. The van der Waals surface area contributed by atoms with Crippen molar-refractivity contribution in [1.29, 1.82) is 0 Å². The van der Waals surface area contributed by atoms with Gasteiger partial charge in [0.1, 0.15) is 0 Å². The van der Waals surface area contributed by atoms with Crippen molar-refractivity contribution in [2.24, 2.45) is 5.16 Å². The van der Waals surface area contributed by atoms with Crippen molar-refractivity contribution in [2.45, 2.75) is 12.6 Å². The van der Waals surface area contributed by atoms with Gasteiger partial charge in [0.2, 0.25) is 0 Å². The quantitative estimate of drug-likeness (QED) is 0.331. The van der Waals surface area contributed by atoms with E-state index in [0.717, 1.165) is 35.4 Å². The van der Waals surface area contributed by atoms with Gasteiger partial charge in [-0.05, 0) is 35.4 Å². The molecular weight excluding hydrogens is 367 g/mol. The number of halogens is 3. The Morgan fingerprint density at radius 3 is 1.93 bits per heavy atom. The fourth-order valence-corrected chi connectivity index (χ4v) is 2.55. The minimum absolute atomic E-state index is 0.0103. The smallest absolute Gasteiger partial charge is 0.313 e. The second kappa shape index (κ2) is 8.52. The third-order valence-electron chi connectivity index (χ3n) is 4.01. The highest BCUT2D eigenvalue weighted by molar-refractivity contribution is 6.02. The lowest BCUT2D eigenvalue weighted by atomic mass is 10.0. The van der Waals surface area contributed by atoms with Gasteiger partial charge in [0.05, 0.1) is 16.8 Å². The van der Waals surface area contributed by atoms with Crippen molar-refractivity contribution in [1.82, 2.24) is 0 Å². The van der Waals surface area contributed by atoms with Crippen LogP contribution in [0.5, 0.6) is 0 Å². The first-order valence-electron chi connectivity index (χ1n) is 8.48. The fourth-order valence-electron chi connectivity index (χ4n) is 2.55. The van der Waals surface area contributed by atoms with Gasteiger partial charge in [-0.1, -0.05) is 65.8 Å². The van der Waals surface area contributed by atoms with Gasteiger partial charge in [0.25, 0.3) is 0 Å². The normalized spacial score (nSPS) is 11.9. The van der Waals surface area contributed by atoms with Gasteiger partial charge in [0.15, 0.2) is 0 Å². The van der Waals surface area contributed by atoms with Crippen LogP contribution in [0.1, 0.15) is 27.0 Å². The highest BCUT2D eigenvalue weighted by Crippen LogP contribution is 2.29. The molecule has 0 aliphatic rings. The standard InChI is InChI=1S/C22H16F3NO2/c23-22(24,25)19-13-11-18(12-14-19)21(27)28-26-20(17-9-5-2-6-10-17)15-16-7-3-1-4-8-16/h1-14H,15H2. The van der Waals surface area contributed by atoms with E-state index in [1.165, 1.54) is 0 Å². The number of benzene rings is 3. The third-order valence-corrected chi connectivity index (χ3v) is 4.01. The second-order valence-corrected chi connectivity index (χ2v) is 6.02. The summed E-state index contributed by atoms with van der Waals surface area (Å²) in [5.41, 5.74) is 1.46. The summed E-state index contributed by atoms with van der Waals surface area (Å²) in [6.07, 6.45) is -4.03. The highest BCUT2D eigenvalue weighted by atomic mass is 19.4. The van der Waals surface area contributed by atoms with Gasteiger partial charge in [0, 0.05) is 6.42 Å². The largest absolute Gasteiger partial charge is 0.416 e. The van der Waals surface area contributed by atoms with Crippen molar-refractivity contribution in [2.75, 3.05) is 0 Å². The molecule has 0 fully saturated rings. The van der Waals surface area contributed by atoms with Crippen molar-refractivity contribution < 1.29 is 22.8 Å². The van der Waals surface area contributed by atoms with E-state index in [0.29, 0.717) is 12.1 Å². The maximum Gasteiger partial charge on any atom is 0.416 e. The lowest BCUT2D eigenvalue weighted by Crippen LogP contribution is -2.10. The van der Waals surface area contributed by atoms with Crippen LogP contribution in [0.15, 0.2) is 90.1 Å². The Labute approximate surface area is 160 Å². The Balaban J connectivity index is 1.79. The average molecular weight is 383 g/mol. The van der Waals surface area contributed by atoms with E-state index in [1.807, 2.05) is 60.7 Å². The van der Waals surface area contributed by atoms with Crippen molar-refractivity contribution in [3.8, 4) is 0 Å². The molecular formula is C22H16F3NO2. The summed E-state index contributed by atoms with van der Waals surface area (Å²) in [5.74, 6) is -0.824. The third kappa shape index (κ3) is 5.07. The van der Waals surface area contributed by atoms with Crippen LogP contribution in [-0.2, 0) is 17.4 Å². The van der Waals surface area contributed by atoms with Crippen molar-refractivity contribution in [3.05, 3.63) is 107 Å². The zero-order valence-electron chi connectivity index (χ0n) is 14.7. The Hall–Kier alpha value is -3.41. The van der Waals surface area contributed by atoms with Crippen LogP contribution in [0, 0.1) is 0 Å². The summed E-state index contributed by atoms with van der Waals surface area (Å²) in [5, 5.41) is 3.98.